The second-order valence-corrected chi connectivity index (χ2v) is 5.74. The molecule has 1 aromatic carbocycles. The molecule has 0 heterocycles. The molecule has 1 aliphatic carbocycles. The van der Waals surface area contributed by atoms with E-state index < -0.39 is 0 Å². The Balaban J connectivity index is 2.05. The summed E-state index contributed by atoms with van der Waals surface area (Å²) in [7, 11) is 1.69. The number of unbranched alkanes of at least 4 members (excludes halogenated alkanes) is 1. The molecule has 0 atom stereocenters. The van der Waals surface area contributed by atoms with E-state index in [-0.39, 0.29) is 17.2 Å². The summed E-state index contributed by atoms with van der Waals surface area (Å²) >= 11 is 0. The predicted molar refractivity (Wildman–Crippen MR) is 84.2 cm³/mol. The molecule has 4 heteroatoms. The van der Waals surface area contributed by atoms with Gasteiger partial charge in [-0.3, -0.25) is 9.59 Å². The number of rotatable bonds is 6. The number of amides is 2. The van der Waals surface area contributed by atoms with Crippen LogP contribution in [0, 0.1) is 0 Å². The molecular formula is C17H24N2O2. The molecule has 0 saturated heterocycles. The lowest BCUT2D eigenvalue weighted by Gasteiger charge is -2.40. The van der Waals surface area contributed by atoms with Crippen LogP contribution >= 0.6 is 0 Å². The molecule has 0 aromatic heterocycles. The normalized spacial score (nSPS) is 15.9. The fraction of sp³-hybridized carbons (Fsp3) is 0.529. The Labute approximate surface area is 126 Å². The third-order valence-electron chi connectivity index (χ3n) is 4.35. The van der Waals surface area contributed by atoms with Gasteiger partial charge in [-0.1, -0.05) is 31.9 Å². The van der Waals surface area contributed by atoms with Crippen molar-refractivity contribution in [3.8, 4) is 0 Å². The van der Waals surface area contributed by atoms with Crippen molar-refractivity contribution >= 4 is 17.5 Å². The molecule has 2 N–H and O–H groups in total. The highest BCUT2D eigenvalue weighted by Gasteiger charge is 2.44. The number of benzene rings is 1. The van der Waals surface area contributed by atoms with Gasteiger partial charge in [0.15, 0.2) is 0 Å². The van der Waals surface area contributed by atoms with Gasteiger partial charge in [0.1, 0.15) is 0 Å². The SMILES string of the molecule is CCCCC(=O)Nc1ccc(C2(C(=O)NC)CCC2)cc1. The summed E-state index contributed by atoms with van der Waals surface area (Å²) in [6.45, 7) is 2.07. The van der Waals surface area contributed by atoms with E-state index in [4.69, 9.17) is 0 Å². The third kappa shape index (κ3) is 3.26. The summed E-state index contributed by atoms with van der Waals surface area (Å²) in [5.74, 6) is 0.141. The summed E-state index contributed by atoms with van der Waals surface area (Å²) in [6, 6.07) is 7.71. The Morgan fingerprint density at radius 1 is 1.19 bits per heavy atom. The monoisotopic (exact) mass is 288 g/mol. The highest BCUT2D eigenvalue weighted by Crippen LogP contribution is 2.44. The average molecular weight is 288 g/mol. The Kier molecular flexibility index (Phi) is 4.99. The lowest BCUT2D eigenvalue weighted by molar-refractivity contribution is -0.129. The number of anilines is 1. The van der Waals surface area contributed by atoms with Gasteiger partial charge in [-0.05, 0) is 37.0 Å². The molecule has 2 amide bonds. The Morgan fingerprint density at radius 3 is 2.33 bits per heavy atom. The van der Waals surface area contributed by atoms with E-state index in [0.717, 1.165) is 43.4 Å². The molecule has 114 valence electrons. The van der Waals surface area contributed by atoms with Crippen molar-refractivity contribution in [2.45, 2.75) is 50.9 Å². The maximum absolute atomic E-state index is 12.1. The van der Waals surface area contributed by atoms with Crippen molar-refractivity contribution in [2.75, 3.05) is 12.4 Å². The Hall–Kier alpha value is -1.84. The van der Waals surface area contributed by atoms with Gasteiger partial charge >= 0.3 is 0 Å². The fourth-order valence-corrected chi connectivity index (χ4v) is 2.85. The van der Waals surface area contributed by atoms with Gasteiger partial charge in [0.05, 0.1) is 5.41 Å². The molecule has 0 radical (unpaired) electrons. The van der Waals surface area contributed by atoms with Gasteiger partial charge in [0, 0.05) is 19.2 Å². The zero-order chi connectivity index (χ0) is 15.3. The van der Waals surface area contributed by atoms with Crippen molar-refractivity contribution in [3.05, 3.63) is 29.8 Å². The maximum atomic E-state index is 12.1. The second-order valence-electron chi connectivity index (χ2n) is 5.74. The first kappa shape index (κ1) is 15.5. The molecule has 0 spiro atoms. The predicted octanol–water partition coefficient (Wildman–Crippen LogP) is 2.98. The zero-order valence-corrected chi connectivity index (χ0v) is 12.9. The number of nitrogens with one attached hydrogen (secondary N) is 2. The molecule has 0 aliphatic heterocycles. The summed E-state index contributed by atoms with van der Waals surface area (Å²) < 4.78 is 0. The summed E-state index contributed by atoms with van der Waals surface area (Å²) in [4.78, 5) is 23.8. The van der Waals surface area contributed by atoms with E-state index >= 15 is 0 Å². The standard InChI is InChI=1S/C17H24N2O2/c1-3-4-6-15(20)19-14-9-7-13(8-10-14)17(11-5-12-17)16(21)18-2/h7-10H,3-6,11-12H2,1-2H3,(H,18,21)(H,19,20). The maximum Gasteiger partial charge on any atom is 0.230 e. The second kappa shape index (κ2) is 6.74. The molecule has 1 aromatic rings. The van der Waals surface area contributed by atoms with Crippen molar-refractivity contribution in [3.63, 3.8) is 0 Å². The van der Waals surface area contributed by atoms with Gasteiger partial charge in [-0.2, -0.15) is 0 Å². The van der Waals surface area contributed by atoms with E-state index in [1.165, 1.54) is 0 Å². The fourth-order valence-electron chi connectivity index (χ4n) is 2.85. The Morgan fingerprint density at radius 2 is 1.86 bits per heavy atom. The van der Waals surface area contributed by atoms with Crippen LogP contribution < -0.4 is 10.6 Å². The lowest BCUT2D eigenvalue weighted by atomic mass is 9.64. The van der Waals surface area contributed by atoms with Gasteiger partial charge in [0.2, 0.25) is 11.8 Å². The molecule has 21 heavy (non-hydrogen) atoms. The van der Waals surface area contributed by atoms with Crippen LogP contribution in [0.3, 0.4) is 0 Å². The number of likely N-dealkylation sites (N-methyl/N-ethyl adjacent to an activating group) is 1. The highest BCUT2D eigenvalue weighted by molar-refractivity contribution is 5.91. The van der Waals surface area contributed by atoms with Gasteiger partial charge in [0.25, 0.3) is 0 Å². The number of hydrogen-bond acceptors (Lipinski definition) is 2. The smallest absolute Gasteiger partial charge is 0.230 e. The van der Waals surface area contributed by atoms with Crippen molar-refractivity contribution in [1.29, 1.82) is 0 Å². The van der Waals surface area contributed by atoms with E-state index in [1.807, 2.05) is 24.3 Å². The lowest BCUT2D eigenvalue weighted by Crippen LogP contribution is -2.48. The van der Waals surface area contributed by atoms with Crippen LogP contribution in [0.1, 0.15) is 51.0 Å². The molecule has 1 saturated carbocycles. The largest absolute Gasteiger partial charge is 0.358 e. The van der Waals surface area contributed by atoms with Gasteiger partial charge < -0.3 is 10.6 Å². The molecular weight excluding hydrogens is 264 g/mol. The van der Waals surface area contributed by atoms with Gasteiger partial charge in [-0.15, -0.1) is 0 Å². The number of carbonyl (C=O) groups excluding carboxylic acids is 2. The third-order valence-corrected chi connectivity index (χ3v) is 4.35. The van der Waals surface area contributed by atoms with Crippen LogP contribution in [-0.4, -0.2) is 18.9 Å². The molecule has 0 bridgehead atoms. The minimum atomic E-state index is -0.362. The van der Waals surface area contributed by atoms with Crippen LogP contribution in [0.4, 0.5) is 5.69 Å². The van der Waals surface area contributed by atoms with Crippen LogP contribution in [0.25, 0.3) is 0 Å². The molecule has 4 nitrogen and oxygen atoms in total. The van der Waals surface area contributed by atoms with Crippen molar-refractivity contribution in [1.82, 2.24) is 5.32 Å². The molecule has 0 unspecified atom stereocenters. The topological polar surface area (TPSA) is 58.2 Å². The first-order valence-corrected chi connectivity index (χ1v) is 7.75. The summed E-state index contributed by atoms with van der Waals surface area (Å²) in [6.07, 6.45) is 5.36. The molecule has 2 rings (SSSR count). The van der Waals surface area contributed by atoms with E-state index in [0.29, 0.717) is 6.42 Å². The van der Waals surface area contributed by atoms with Crippen molar-refractivity contribution in [2.24, 2.45) is 0 Å². The number of hydrogen-bond donors (Lipinski definition) is 2. The minimum Gasteiger partial charge on any atom is -0.358 e. The zero-order valence-electron chi connectivity index (χ0n) is 12.9. The molecule has 1 aliphatic rings. The van der Waals surface area contributed by atoms with Gasteiger partial charge in [-0.25, -0.2) is 0 Å². The highest BCUT2D eigenvalue weighted by atomic mass is 16.2. The van der Waals surface area contributed by atoms with E-state index in [9.17, 15) is 9.59 Å². The molecule has 1 fully saturated rings. The van der Waals surface area contributed by atoms with Crippen LogP contribution in [0.15, 0.2) is 24.3 Å². The first-order valence-electron chi connectivity index (χ1n) is 7.75. The first-order chi connectivity index (χ1) is 10.1. The van der Waals surface area contributed by atoms with E-state index in [1.54, 1.807) is 7.05 Å². The number of carbonyl (C=O) groups is 2. The van der Waals surface area contributed by atoms with Crippen molar-refractivity contribution < 1.29 is 9.59 Å². The van der Waals surface area contributed by atoms with E-state index in [2.05, 4.69) is 17.6 Å². The summed E-state index contributed by atoms with van der Waals surface area (Å²) in [5.41, 5.74) is 1.48. The van der Waals surface area contributed by atoms with Crippen LogP contribution in [-0.2, 0) is 15.0 Å². The minimum absolute atomic E-state index is 0.0502. The van der Waals surface area contributed by atoms with Crippen LogP contribution in [0.5, 0.6) is 0 Å². The Bertz CT molecular complexity index is 504. The average Bonchev–Trinajstić information content (AvgIpc) is 2.45. The summed E-state index contributed by atoms with van der Waals surface area (Å²) in [5, 5.41) is 5.66. The van der Waals surface area contributed by atoms with Crippen LogP contribution in [0.2, 0.25) is 0 Å². The quantitative estimate of drug-likeness (QED) is 0.845.